The molecule has 4 aromatic rings. The van der Waals surface area contributed by atoms with Crippen LogP contribution in [0.1, 0.15) is 31.1 Å². The third-order valence-corrected chi connectivity index (χ3v) is 4.95. The van der Waals surface area contributed by atoms with E-state index in [1.54, 1.807) is 10.8 Å². The van der Waals surface area contributed by atoms with Crippen LogP contribution in [0.15, 0.2) is 66.9 Å². The summed E-state index contributed by atoms with van der Waals surface area (Å²) in [4.78, 5) is 24.4. The number of primary amides is 1. The van der Waals surface area contributed by atoms with Gasteiger partial charge in [0, 0.05) is 17.1 Å². The van der Waals surface area contributed by atoms with Crippen molar-refractivity contribution in [3.63, 3.8) is 0 Å². The van der Waals surface area contributed by atoms with E-state index in [0.717, 1.165) is 27.4 Å². The molecule has 0 aliphatic rings. The van der Waals surface area contributed by atoms with Crippen LogP contribution in [0.25, 0.3) is 32.8 Å². The van der Waals surface area contributed by atoms with Crippen LogP contribution in [0.4, 0.5) is 0 Å². The first-order valence-electron chi connectivity index (χ1n) is 9.85. The van der Waals surface area contributed by atoms with E-state index in [1.807, 2.05) is 51.1 Å². The Kier molecular flexibility index (Phi) is 4.82. The van der Waals surface area contributed by atoms with E-state index >= 15 is 0 Å². The van der Waals surface area contributed by atoms with E-state index in [1.165, 1.54) is 5.39 Å². The summed E-state index contributed by atoms with van der Waals surface area (Å²) in [6.07, 6.45) is 1.63. The van der Waals surface area contributed by atoms with Crippen molar-refractivity contribution < 1.29 is 14.3 Å². The summed E-state index contributed by atoms with van der Waals surface area (Å²) in [5.74, 6) is -0.896. The van der Waals surface area contributed by atoms with E-state index in [4.69, 9.17) is 10.5 Å². The van der Waals surface area contributed by atoms with Crippen molar-refractivity contribution in [1.29, 1.82) is 0 Å². The van der Waals surface area contributed by atoms with Gasteiger partial charge >= 0.3 is 5.97 Å². The molecular formula is C25H24N2O3. The number of nitrogens with two attached hydrogens (primary N) is 1. The van der Waals surface area contributed by atoms with Gasteiger partial charge in [0.25, 0.3) is 5.91 Å². The summed E-state index contributed by atoms with van der Waals surface area (Å²) >= 11 is 0. The number of amides is 1. The molecule has 3 aromatic carbocycles. The molecular weight excluding hydrogens is 376 g/mol. The SMILES string of the molecule is CC(C)(C)OC(=O)Cn1cc(C(N)=O)c2cc(-c3ccc4ccccc4c3)ccc21. The fraction of sp³-hybridized carbons (Fsp3) is 0.200. The molecule has 5 nitrogen and oxygen atoms in total. The molecule has 1 heterocycles. The van der Waals surface area contributed by atoms with Crippen LogP contribution < -0.4 is 5.73 Å². The van der Waals surface area contributed by atoms with Crippen molar-refractivity contribution in [2.45, 2.75) is 32.9 Å². The Bertz CT molecular complexity index is 1280. The summed E-state index contributed by atoms with van der Waals surface area (Å²) in [6.45, 7) is 5.48. The smallest absolute Gasteiger partial charge is 0.326 e. The predicted molar refractivity (Wildman–Crippen MR) is 119 cm³/mol. The molecule has 0 aliphatic heterocycles. The Morgan fingerprint density at radius 3 is 2.30 bits per heavy atom. The number of hydrogen-bond donors (Lipinski definition) is 1. The molecule has 0 bridgehead atoms. The van der Waals surface area contributed by atoms with Crippen LogP contribution in [-0.4, -0.2) is 22.0 Å². The zero-order chi connectivity index (χ0) is 21.5. The van der Waals surface area contributed by atoms with Crippen LogP contribution in [0, 0.1) is 0 Å². The zero-order valence-corrected chi connectivity index (χ0v) is 17.3. The van der Waals surface area contributed by atoms with Crippen molar-refractivity contribution in [2.75, 3.05) is 0 Å². The molecule has 5 heteroatoms. The van der Waals surface area contributed by atoms with E-state index in [-0.39, 0.29) is 12.5 Å². The standard InChI is InChI=1S/C25H24N2O3/c1-25(2,3)30-23(28)15-27-14-21(24(26)29)20-13-19(10-11-22(20)27)18-9-8-16-6-4-5-7-17(16)12-18/h4-14H,15H2,1-3H3,(H2,26,29). The first-order valence-corrected chi connectivity index (χ1v) is 9.85. The molecule has 0 fully saturated rings. The number of carbonyl (C=O) groups excluding carboxylic acids is 2. The van der Waals surface area contributed by atoms with Gasteiger partial charge in [-0.3, -0.25) is 9.59 Å². The van der Waals surface area contributed by atoms with Gasteiger partial charge in [0.05, 0.1) is 5.56 Å². The van der Waals surface area contributed by atoms with E-state index in [2.05, 4.69) is 30.3 Å². The van der Waals surface area contributed by atoms with Crippen molar-refractivity contribution in [2.24, 2.45) is 5.73 Å². The lowest BCUT2D eigenvalue weighted by molar-refractivity contribution is -0.155. The van der Waals surface area contributed by atoms with Gasteiger partial charge in [-0.05, 0) is 60.9 Å². The highest BCUT2D eigenvalue weighted by atomic mass is 16.6. The number of rotatable bonds is 4. The molecule has 0 aliphatic carbocycles. The summed E-state index contributed by atoms with van der Waals surface area (Å²) < 4.78 is 7.13. The normalized spacial score (nSPS) is 11.7. The Morgan fingerprint density at radius 2 is 1.60 bits per heavy atom. The monoisotopic (exact) mass is 400 g/mol. The molecule has 0 unspecified atom stereocenters. The third kappa shape index (κ3) is 3.92. The number of hydrogen-bond acceptors (Lipinski definition) is 3. The van der Waals surface area contributed by atoms with Crippen LogP contribution >= 0.6 is 0 Å². The molecule has 2 N–H and O–H groups in total. The molecule has 30 heavy (non-hydrogen) atoms. The molecule has 4 rings (SSSR count). The number of ether oxygens (including phenoxy) is 1. The number of benzene rings is 3. The summed E-state index contributed by atoms with van der Waals surface area (Å²) in [5.41, 5.74) is 8.22. The molecule has 152 valence electrons. The molecule has 0 spiro atoms. The van der Waals surface area contributed by atoms with E-state index < -0.39 is 11.5 Å². The Hall–Kier alpha value is -3.60. The predicted octanol–water partition coefficient (Wildman–Crippen LogP) is 4.90. The highest BCUT2D eigenvalue weighted by Gasteiger charge is 2.19. The fourth-order valence-electron chi connectivity index (χ4n) is 3.69. The number of esters is 1. The lowest BCUT2D eigenvalue weighted by atomic mass is 9.99. The lowest BCUT2D eigenvalue weighted by Gasteiger charge is -2.19. The molecule has 0 saturated heterocycles. The lowest BCUT2D eigenvalue weighted by Crippen LogP contribution is -2.26. The highest BCUT2D eigenvalue weighted by Crippen LogP contribution is 2.30. The summed E-state index contributed by atoms with van der Waals surface area (Å²) in [7, 11) is 0. The average Bonchev–Trinajstić information content (AvgIpc) is 3.04. The maximum Gasteiger partial charge on any atom is 0.326 e. The summed E-state index contributed by atoms with van der Waals surface area (Å²) in [6, 6.07) is 20.3. The number of carbonyl (C=O) groups is 2. The minimum atomic E-state index is -0.574. The van der Waals surface area contributed by atoms with E-state index in [0.29, 0.717) is 5.56 Å². The van der Waals surface area contributed by atoms with Gasteiger partial charge in [0.1, 0.15) is 12.1 Å². The molecule has 0 atom stereocenters. The summed E-state index contributed by atoms with van der Waals surface area (Å²) in [5, 5.41) is 3.04. The van der Waals surface area contributed by atoms with Crippen molar-refractivity contribution in [3.8, 4) is 11.1 Å². The van der Waals surface area contributed by atoms with Crippen molar-refractivity contribution in [1.82, 2.24) is 4.57 Å². The van der Waals surface area contributed by atoms with Gasteiger partial charge in [-0.25, -0.2) is 0 Å². The second-order valence-electron chi connectivity index (χ2n) is 8.42. The van der Waals surface area contributed by atoms with Gasteiger partial charge < -0.3 is 15.0 Å². The second kappa shape index (κ2) is 7.34. The average molecular weight is 400 g/mol. The zero-order valence-electron chi connectivity index (χ0n) is 17.3. The Balaban J connectivity index is 1.77. The van der Waals surface area contributed by atoms with Crippen LogP contribution in [0.3, 0.4) is 0 Å². The largest absolute Gasteiger partial charge is 0.459 e. The first-order chi connectivity index (χ1) is 14.2. The number of fused-ring (bicyclic) bond motifs is 2. The van der Waals surface area contributed by atoms with Crippen LogP contribution in [-0.2, 0) is 16.1 Å². The van der Waals surface area contributed by atoms with Gasteiger partial charge in [-0.2, -0.15) is 0 Å². The van der Waals surface area contributed by atoms with Gasteiger partial charge in [0.15, 0.2) is 0 Å². The van der Waals surface area contributed by atoms with Crippen molar-refractivity contribution in [3.05, 3.63) is 72.4 Å². The van der Waals surface area contributed by atoms with Crippen LogP contribution in [0.5, 0.6) is 0 Å². The van der Waals surface area contributed by atoms with E-state index in [9.17, 15) is 9.59 Å². The Morgan fingerprint density at radius 1 is 0.933 bits per heavy atom. The fourth-order valence-corrected chi connectivity index (χ4v) is 3.69. The van der Waals surface area contributed by atoms with Crippen LogP contribution in [0.2, 0.25) is 0 Å². The minimum Gasteiger partial charge on any atom is -0.459 e. The van der Waals surface area contributed by atoms with Gasteiger partial charge in [0.2, 0.25) is 0 Å². The highest BCUT2D eigenvalue weighted by molar-refractivity contribution is 6.07. The maximum absolute atomic E-state index is 12.3. The Labute approximate surface area is 175 Å². The topological polar surface area (TPSA) is 74.3 Å². The molecule has 1 aromatic heterocycles. The molecule has 0 radical (unpaired) electrons. The quantitative estimate of drug-likeness (QED) is 0.495. The molecule has 0 saturated carbocycles. The first kappa shape index (κ1) is 19.7. The number of nitrogens with zero attached hydrogens (tertiary/aromatic N) is 1. The maximum atomic E-state index is 12.3. The minimum absolute atomic E-state index is 0.0103. The molecule has 1 amide bonds. The van der Waals surface area contributed by atoms with Gasteiger partial charge in [-0.15, -0.1) is 0 Å². The van der Waals surface area contributed by atoms with Crippen molar-refractivity contribution >= 4 is 33.6 Å². The third-order valence-electron chi connectivity index (χ3n) is 4.95. The van der Waals surface area contributed by atoms with Gasteiger partial charge in [-0.1, -0.05) is 42.5 Å². The second-order valence-corrected chi connectivity index (χ2v) is 8.42. The number of aromatic nitrogens is 1.